The maximum atomic E-state index is 10.9. The summed E-state index contributed by atoms with van der Waals surface area (Å²) in [4.78, 5) is 4.75. The van der Waals surface area contributed by atoms with Gasteiger partial charge in [-0.1, -0.05) is 59.7 Å². The number of hydrogen-bond acceptors (Lipinski definition) is 2. The van der Waals surface area contributed by atoms with Crippen LogP contribution in [0.25, 0.3) is 0 Å². The van der Waals surface area contributed by atoms with Crippen molar-refractivity contribution in [1.82, 2.24) is 0 Å². The Balaban J connectivity index is 0.00000103. The average molecular weight is 525 g/mol. The third-order valence-corrected chi connectivity index (χ3v) is 6.10. The van der Waals surface area contributed by atoms with Crippen LogP contribution in [0, 0.1) is 0 Å². The molecule has 2 aromatic rings. The van der Waals surface area contributed by atoms with Crippen LogP contribution in [0.4, 0.5) is 5.69 Å². The molecule has 165 valence electrons. The van der Waals surface area contributed by atoms with E-state index < -0.39 is 22.6 Å². The third-order valence-electron chi connectivity index (χ3n) is 4.60. The van der Waals surface area contributed by atoms with Crippen molar-refractivity contribution in [1.29, 1.82) is 0 Å². The standard InChI is InChI=1S/C23H32NOP.3ClH.Ti/c1-22(2,3)17-13-16(21(25)18(14-17)23(4,5)6)15-24-19-11-9-10-12-20(19)26(7)8;;;;/h9-15,25H,1-8H3;3*1H;/q;;;;+3/p-2. The van der Waals surface area contributed by atoms with E-state index >= 15 is 0 Å². The zero-order valence-electron chi connectivity index (χ0n) is 19.1. The van der Waals surface area contributed by atoms with Crippen molar-refractivity contribution in [3.05, 3.63) is 53.1 Å². The van der Waals surface area contributed by atoms with Crippen LogP contribution in [-0.4, -0.2) is 24.7 Å². The van der Waals surface area contributed by atoms with Crippen molar-refractivity contribution in [2.24, 2.45) is 4.99 Å². The van der Waals surface area contributed by atoms with Gasteiger partial charge in [-0.15, -0.1) is 0 Å². The molecule has 0 bridgehead atoms. The number of aromatic hydroxyl groups is 1. The van der Waals surface area contributed by atoms with Gasteiger partial charge in [-0.25, -0.2) is 0 Å². The molecule has 2 rings (SSSR count). The minimum atomic E-state index is -1.92. The van der Waals surface area contributed by atoms with Gasteiger partial charge in [-0.3, -0.25) is 4.99 Å². The molecule has 0 aliphatic heterocycles. The third kappa shape index (κ3) is 8.81. The first-order valence-corrected chi connectivity index (χ1v) is 18.7. The van der Waals surface area contributed by atoms with E-state index in [4.69, 9.17) is 32.9 Å². The predicted octanol–water partition coefficient (Wildman–Crippen LogP) is 7.90. The number of phenolic OH excluding ortho intramolecular Hbond substituents is 1. The normalized spacial score (nSPS) is 12.1. The number of para-hydroxylation sites is 1. The van der Waals surface area contributed by atoms with Crippen LogP contribution >= 0.6 is 35.8 Å². The molecule has 0 aromatic heterocycles. The predicted molar refractivity (Wildman–Crippen MR) is 137 cm³/mol. The Kier molecular flexibility index (Phi) is 10.9. The summed E-state index contributed by atoms with van der Waals surface area (Å²) in [5, 5.41) is 12.2. The van der Waals surface area contributed by atoms with E-state index in [-0.39, 0.29) is 10.8 Å². The quantitative estimate of drug-likeness (QED) is 0.247. The Morgan fingerprint density at radius 2 is 1.47 bits per heavy atom. The monoisotopic (exact) mass is 523 g/mol. The Morgan fingerprint density at radius 1 is 0.933 bits per heavy atom. The molecular weight excluding hydrogens is 491 g/mol. The Bertz CT molecular complexity index is 869. The van der Waals surface area contributed by atoms with Crippen LogP contribution in [0.3, 0.4) is 0 Å². The average Bonchev–Trinajstić information content (AvgIpc) is 2.58. The van der Waals surface area contributed by atoms with Crippen molar-refractivity contribution in [3.63, 3.8) is 0 Å². The second-order valence-corrected chi connectivity index (χ2v) is 19.7. The second-order valence-electron chi connectivity index (χ2n) is 9.45. The summed E-state index contributed by atoms with van der Waals surface area (Å²) in [5.41, 5.74) is 3.86. The van der Waals surface area contributed by atoms with E-state index in [1.807, 2.05) is 12.3 Å². The Hall–Kier alpha value is -0.0757. The fourth-order valence-corrected chi connectivity index (χ4v) is 4.00. The molecule has 0 aliphatic rings. The molecule has 0 radical (unpaired) electrons. The van der Waals surface area contributed by atoms with Crippen molar-refractivity contribution >= 4 is 53.0 Å². The summed E-state index contributed by atoms with van der Waals surface area (Å²) in [6.45, 7) is 17.5. The van der Waals surface area contributed by atoms with Gasteiger partial charge in [0.1, 0.15) is 16.7 Å². The summed E-state index contributed by atoms with van der Waals surface area (Å²) < 4.78 is 0. The molecule has 0 aliphatic carbocycles. The first-order chi connectivity index (χ1) is 13.6. The van der Waals surface area contributed by atoms with Crippen LogP contribution in [0.2, 0.25) is 0 Å². The van der Waals surface area contributed by atoms with Crippen LogP contribution in [-0.2, 0) is 25.5 Å². The number of aliphatic imine (C=N–C) groups is 1. The summed E-state index contributed by atoms with van der Waals surface area (Å²) in [5.74, 6) is 0.338. The van der Waals surface area contributed by atoms with Gasteiger partial charge in [-0.05, 0) is 34.6 Å². The van der Waals surface area contributed by atoms with Crippen molar-refractivity contribution in [2.75, 3.05) is 13.3 Å². The molecule has 2 nitrogen and oxygen atoms in total. The molecule has 0 fully saturated rings. The van der Waals surface area contributed by atoms with E-state index in [2.05, 4.69) is 85.2 Å². The van der Waals surface area contributed by atoms with Crippen molar-refractivity contribution in [2.45, 2.75) is 52.4 Å². The van der Waals surface area contributed by atoms with Crippen LogP contribution in [0.1, 0.15) is 58.2 Å². The van der Waals surface area contributed by atoms with Gasteiger partial charge in [0.2, 0.25) is 0 Å². The molecule has 0 atom stereocenters. The molecule has 30 heavy (non-hydrogen) atoms. The molecule has 0 heterocycles. The SMILES string of the molecule is C[PH+](C)c1ccccc1N=Cc1cc(C(C)(C)C)cc(C(C)(C)C)c1O.[Cl][Ti]([Cl])[Cl]. The topological polar surface area (TPSA) is 32.6 Å². The first kappa shape index (κ1) is 28.0. The Labute approximate surface area is 201 Å². The molecule has 0 saturated heterocycles. The van der Waals surface area contributed by atoms with Gasteiger partial charge in [0.25, 0.3) is 0 Å². The van der Waals surface area contributed by atoms with E-state index in [9.17, 15) is 5.11 Å². The van der Waals surface area contributed by atoms with Gasteiger partial charge in [0.15, 0.2) is 0 Å². The fraction of sp³-hybridized carbons (Fsp3) is 0.435. The molecule has 0 amide bonds. The number of benzene rings is 2. The zero-order valence-corrected chi connectivity index (χ0v) is 23.9. The molecule has 0 unspecified atom stereocenters. The summed E-state index contributed by atoms with van der Waals surface area (Å²) in [7, 11) is 14.3. The van der Waals surface area contributed by atoms with Crippen LogP contribution < -0.4 is 5.30 Å². The number of rotatable bonds is 3. The molecule has 1 N–H and O–H groups in total. The van der Waals surface area contributed by atoms with Crippen LogP contribution in [0.15, 0.2) is 41.4 Å². The fourth-order valence-electron chi connectivity index (χ4n) is 2.91. The molecule has 7 heteroatoms. The van der Waals surface area contributed by atoms with Gasteiger partial charge >= 0.3 is 42.6 Å². The second kappa shape index (κ2) is 11.7. The number of hydrogen-bond donors (Lipinski definition) is 1. The van der Waals surface area contributed by atoms with E-state index in [0.29, 0.717) is 5.75 Å². The minimum absolute atomic E-state index is 0.0111. The van der Waals surface area contributed by atoms with E-state index in [1.54, 1.807) is 0 Å². The van der Waals surface area contributed by atoms with Crippen LogP contribution in [0.5, 0.6) is 5.75 Å². The molecule has 2 aromatic carbocycles. The molecular formula is C23H33Cl3NOPTi+. The summed E-state index contributed by atoms with van der Waals surface area (Å²) in [6.07, 6.45) is 1.82. The first-order valence-electron chi connectivity index (χ1n) is 9.79. The van der Waals surface area contributed by atoms with Crippen molar-refractivity contribution in [3.8, 4) is 5.75 Å². The van der Waals surface area contributed by atoms with Gasteiger partial charge in [0.05, 0.1) is 13.3 Å². The van der Waals surface area contributed by atoms with Gasteiger partial charge in [0, 0.05) is 25.3 Å². The summed E-state index contributed by atoms with van der Waals surface area (Å²) >= 11 is -1.92. The van der Waals surface area contributed by atoms with Crippen molar-refractivity contribution < 1.29 is 19.8 Å². The summed E-state index contributed by atoms with van der Waals surface area (Å²) in [6, 6.07) is 12.5. The molecule has 0 spiro atoms. The Morgan fingerprint density at radius 3 is 1.93 bits per heavy atom. The zero-order chi connectivity index (χ0) is 23.3. The number of nitrogens with zero attached hydrogens (tertiary/aromatic N) is 1. The molecule has 0 saturated carbocycles. The van der Waals surface area contributed by atoms with Gasteiger partial charge in [-0.2, -0.15) is 0 Å². The van der Waals surface area contributed by atoms with E-state index in [1.165, 1.54) is 10.9 Å². The number of phenols is 1. The maximum absolute atomic E-state index is 10.9. The van der Waals surface area contributed by atoms with E-state index in [0.717, 1.165) is 16.8 Å². The number of halogens is 3. The van der Waals surface area contributed by atoms with Gasteiger partial charge < -0.3 is 5.11 Å².